The highest BCUT2D eigenvalue weighted by atomic mass is 32.2. The fourth-order valence-corrected chi connectivity index (χ4v) is 4.47. The number of anilines is 2. The summed E-state index contributed by atoms with van der Waals surface area (Å²) in [6.07, 6.45) is 0.719. The largest absolute Gasteiger partial charge is 0.490 e. The zero-order chi connectivity index (χ0) is 24.8. The Morgan fingerprint density at radius 3 is 2.34 bits per heavy atom. The lowest BCUT2D eigenvalue weighted by Crippen LogP contribution is -2.32. The second-order valence-corrected chi connectivity index (χ2v) is 9.62. The maximum absolute atomic E-state index is 12.8. The Labute approximate surface area is 203 Å². The lowest BCUT2D eigenvalue weighted by Gasteiger charge is -2.12. The van der Waals surface area contributed by atoms with Crippen LogP contribution in [0.4, 0.5) is 11.4 Å². The number of ether oxygens (including phenoxy) is 2. The van der Waals surface area contributed by atoms with Gasteiger partial charge in [-0.15, -0.1) is 0 Å². The van der Waals surface area contributed by atoms with E-state index in [2.05, 4.69) is 15.4 Å². The summed E-state index contributed by atoms with van der Waals surface area (Å²) in [5.41, 5.74) is 2.20. The van der Waals surface area contributed by atoms with Crippen LogP contribution in [0, 0.1) is 6.92 Å². The highest BCUT2D eigenvalue weighted by molar-refractivity contribution is 7.92. The van der Waals surface area contributed by atoms with Crippen molar-refractivity contribution >= 4 is 33.2 Å². The highest BCUT2D eigenvalue weighted by Gasteiger charge is 2.19. The van der Waals surface area contributed by atoms with Crippen LogP contribution in [0.15, 0.2) is 71.6 Å². The van der Waals surface area contributed by atoms with E-state index < -0.39 is 15.9 Å². The van der Waals surface area contributed by atoms with Crippen LogP contribution < -0.4 is 24.8 Å². The molecule has 3 N–H and O–H groups in total. The van der Waals surface area contributed by atoms with Crippen molar-refractivity contribution in [2.24, 2.45) is 0 Å². The summed E-state index contributed by atoms with van der Waals surface area (Å²) in [7, 11) is -3.86. The Balaban J connectivity index is 1.33. The summed E-state index contributed by atoms with van der Waals surface area (Å²) in [4.78, 5) is 24.4. The van der Waals surface area contributed by atoms with Gasteiger partial charge in [-0.25, -0.2) is 8.42 Å². The minimum Gasteiger partial charge on any atom is -0.490 e. The number of hydrogen-bond donors (Lipinski definition) is 3. The molecule has 9 nitrogen and oxygen atoms in total. The van der Waals surface area contributed by atoms with E-state index in [-0.39, 0.29) is 17.3 Å². The van der Waals surface area contributed by atoms with Crippen LogP contribution in [-0.4, -0.2) is 40.0 Å². The minimum absolute atomic E-state index is 0.0449. The smallest absolute Gasteiger partial charge is 0.262 e. The first-order valence-corrected chi connectivity index (χ1v) is 12.5. The van der Waals surface area contributed by atoms with Crippen molar-refractivity contribution in [2.75, 3.05) is 29.8 Å². The lowest BCUT2D eigenvalue weighted by molar-refractivity contribution is -0.115. The Bertz CT molecular complexity index is 1340. The van der Waals surface area contributed by atoms with Crippen molar-refractivity contribution in [1.29, 1.82) is 0 Å². The van der Waals surface area contributed by atoms with Crippen LogP contribution in [0.2, 0.25) is 0 Å². The van der Waals surface area contributed by atoms with Crippen molar-refractivity contribution in [3.63, 3.8) is 0 Å². The number of carbonyl (C=O) groups excluding carboxylic acids is 2. The van der Waals surface area contributed by atoms with Gasteiger partial charge >= 0.3 is 0 Å². The molecule has 1 heterocycles. The van der Waals surface area contributed by atoms with Crippen LogP contribution in [-0.2, 0) is 14.8 Å². The monoisotopic (exact) mass is 495 g/mol. The molecule has 0 atom stereocenters. The van der Waals surface area contributed by atoms with E-state index in [0.29, 0.717) is 41.7 Å². The van der Waals surface area contributed by atoms with Crippen LogP contribution in [0.1, 0.15) is 22.3 Å². The van der Waals surface area contributed by atoms with Gasteiger partial charge in [0.2, 0.25) is 5.91 Å². The summed E-state index contributed by atoms with van der Waals surface area (Å²) in [5, 5.41) is 5.23. The van der Waals surface area contributed by atoms with Gasteiger partial charge < -0.3 is 20.1 Å². The van der Waals surface area contributed by atoms with Gasteiger partial charge in [0.15, 0.2) is 11.5 Å². The van der Waals surface area contributed by atoms with Gasteiger partial charge in [0.25, 0.3) is 15.9 Å². The third-order valence-corrected chi connectivity index (χ3v) is 6.52. The first-order chi connectivity index (χ1) is 16.8. The van der Waals surface area contributed by atoms with Crippen molar-refractivity contribution < 1.29 is 27.5 Å². The predicted octanol–water partition coefficient (Wildman–Crippen LogP) is 3.33. The van der Waals surface area contributed by atoms with E-state index in [9.17, 15) is 18.0 Å². The number of rotatable bonds is 7. The van der Waals surface area contributed by atoms with E-state index in [1.54, 1.807) is 36.4 Å². The Morgan fingerprint density at radius 1 is 0.886 bits per heavy atom. The van der Waals surface area contributed by atoms with Crippen molar-refractivity contribution in [2.45, 2.75) is 18.2 Å². The normalized spacial score (nSPS) is 12.8. The molecule has 0 spiro atoms. The first-order valence-electron chi connectivity index (χ1n) is 11.0. The van der Waals surface area contributed by atoms with Gasteiger partial charge in [-0.3, -0.25) is 14.3 Å². The quantitative estimate of drug-likeness (QED) is 0.462. The molecule has 182 valence electrons. The molecule has 2 amide bonds. The molecule has 0 aromatic heterocycles. The molecular formula is C25H25N3O6S. The Morgan fingerprint density at radius 2 is 1.60 bits per heavy atom. The summed E-state index contributed by atoms with van der Waals surface area (Å²) in [5.74, 6) is 0.143. The molecule has 0 radical (unpaired) electrons. The van der Waals surface area contributed by atoms with Gasteiger partial charge in [-0.2, -0.15) is 0 Å². The number of sulfonamides is 1. The van der Waals surface area contributed by atoms with Crippen LogP contribution in [0.3, 0.4) is 0 Å². The van der Waals surface area contributed by atoms with Gasteiger partial charge in [0.05, 0.1) is 24.7 Å². The molecule has 3 aromatic rings. The van der Waals surface area contributed by atoms with E-state index in [4.69, 9.17) is 9.47 Å². The summed E-state index contributed by atoms with van der Waals surface area (Å²) >= 11 is 0. The summed E-state index contributed by atoms with van der Waals surface area (Å²) in [6, 6.07) is 17.7. The molecule has 0 saturated carbocycles. The average Bonchev–Trinajstić information content (AvgIpc) is 3.08. The molecule has 1 aliphatic heterocycles. The molecule has 0 fully saturated rings. The van der Waals surface area contributed by atoms with Crippen molar-refractivity contribution in [3.8, 4) is 11.5 Å². The molecule has 0 saturated heterocycles. The minimum atomic E-state index is -3.86. The molecular weight excluding hydrogens is 470 g/mol. The molecule has 0 aliphatic carbocycles. The number of aryl methyl sites for hydroxylation is 1. The number of benzene rings is 3. The fraction of sp³-hybridized carbons (Fsp3) is 0.200. The number of nitrogens with one attached hydrogen (secondary N) is 3. The second-order valence-electron chi connectivity index (χ2n) is 7.94. The highest BCUT2D eigenvalue weighted by Crippen LogP contribution is 2.32. The van der Waals surface area contributed by atoms with E-state index >= 15 is 0 Å². The SMILES string of the molecule is Cc1cccc(C(=O)NCC(=O)Nc2ccc(NS(=O)(=O)c3ccc4c(c3)OCCCO4)cc2)c1. The van der Waals surface area contributed by atoms with Crippen molar-refractivity contribution in [1.82, 2.24) is 5.32 Å². The van der Waals surface area contributed by atoms with E-state index in [1.807, 2.05) is 13.0 Å². The number of carbonyl (C=O) groups is 2. The number of amides is 2. The van der Waals surface area contributed by atoms with Crippen LogP contribution in [0.5, 0.6) is 11.5 Å². The maximum Gasteiger partial charge on any atom is 0.262 e. The van der Waals surface area contributed by atoms with E-state index in [0.717, 1.165) is 12.0 Å². The first kappa shape index (κ1) is 24.1. The maximum atomic E-state index is 12.8. The lowest BCUT2D eigenvalue weighted by atomic mass is 10.1. The third-order valence-electron chi connectivity index (χ3n) is 5.14. The summed E-state index contributed by atoms with van der Waals surface area (Å²) in [6.45, 7) is 2.64. The zero-order valence-electron chi connectivity index (χ0n) is 19.0. The molecule has 10 heteroatoms. The average molecular weight is 496 g/mol. The third kappa shape index (κ3) is 6.30. The standard InChI is InChI=1S/C25H25N3O6S/c1-17-4-2-5-18(14-17)25(30)26-16-24(29)27-19-6-8-20(9-7-19)28-35(31,32)21-10-11-22-23(15-21)34-13-3-12-33-22/h2,4-11,14-15,28H,3,12-13,16H2,1H3,(H,26,30)(H,27,29). The Kier molecular flexibility index (Phi) is 7.21. The molecule has 1 aliphatic rings. The van der Waals surface area contributed by atoms with Crippen LogP contribution in [0.25, 0.3) is 0 Å². The fourth-order valence-electron chi connectivity index (χ4n) is 3.40. The van der Waals surface area contributed by atoms with E-state index in [1.165, 1.54) is 24.3 Å². The number of fused-ring (bicyclic) bond motifs is 1. The predicted molar refractivity (Wildman–Crippen MR) is 131 cm³/mol. The zero-order valence-corrected chi connectivity index (χ0v) is 19.9. The topological polar surface area (TPSA) is 123 Å². The van der Waals surface area contributed by atoms with Gasteiger partial charge in [0.1, 0.15) is 0 Å². The molecule has 35 heavy (non-hydrogen) atoms. The van der Waals surface area contributed by atoms with Crippen LogP contribution >= 0.6 is 0 Å². The molecule has 0 unspecified atom stereocenters. The summed E-state index contributed by atoms with van der Waals surface area (Å²) < 4.78 is 39.2. The number of hydrogen-bond acceptors (Lipinski definition) is 6. The van der Waals surface area contributed by atoms with Crippen molar-refractivity contribution in [3.05, 3.63) is 77.9 Å². The Hall–Kier alpha value is -4.05. The van der Waals surface area contributed by atoms with Gasteiger partial charge in [-0.05, 0) is 55.5 Å². The van der Waals surface area contributed by atoms with Gasteiger partial charge in [-0.1, -0.05) is 17.7 Å². The molecule has 0 bridgehead atoms. The molecule has 4 rings (SSSR count). The van der Waals surface area contributed by atoms with Gasteiger partial charge in [0, 0.05) is 29.4 Å². The molecule has 3 aromatic carbocycles. The second kappa shape index (κ2) is 10.5.